The van der Waals surface area contributed by atoms with Crippen LogP contribution in [0.15, 0.2) is 42.9 Å². The molecule has 1 N–H and O–H groups in total. The first kappa shape index (κ1) is 16.6. The van der Waals surface area contributed by atoms with E-state index in [4.69, 9.17) is 11.6 Å². The molecule has 1 aliphatic heterocycles. The van der Waals surface area contributed by atoms with Crippen LogP contribution in [-0.4, -0.2) is 39.0 Å². The Kier molecular flexibility index (Phi) is 6.09. The Morgan fingerprint density at radius 3 is 3.09 bits per heavy atom. The van der Waals surface area contributed by atoms with Crippen LogP contribution in [0.2, 0.25) is 5.15 Å². The van der Waals surface area contributed by atoms with Crippen LogP contribution in [-0.2, 0) is 6.54 Å². The minimum atomic E-state index is -0.771. The van der Waals surface area contributed by atoms with E-state index in [-0.39, 0.29) is 4.92 Å². The van der Waals surface area contributed by atoms with Gasteiger partial charge in [0.1, 0.15) is 5.15 Å². The number of rotatable bonds is 7. The molecule has 0 aliphatic carbocycles. The summed E-state index contributed by atoms with van der Waals surface area (Å²) in [6.07, 6.45) is 5.08. The highest BCUT2D eigenvalue weighted by atomic mass is 35.5. The van der Waals surface area contributed by atoms with Crippen molar-refractivity contribution < 1.29 is 4.92 Å². The summed E-state index contributed by atoms with van der Waals surface area (Å²) in [7, 11) is 0. The molecule has 118 valence electrons. The van der Waals surface area contributed by atoms with Gasteiger partial charge in [0.2, 0.25) is 0 Å². The van der Waals surface area contributed by atoms with Gasteiger partial charge in [-0.2, -0.15) is 0 Å². The number of halogens is 1. The largest absolute Gasteiger partial charge is 0.370 e. The van der Waals surface area contributed by atoms with Gasteiger partial charge in [-0.1, -0.05) is 36.0 Å². The van der Waals surface area contributed by atoms with Gasteiger partial charge in [-0.05, 0) is 23.8 Å². The molecular formula is C14H17ClN4O2S. The molecule has 1 atom stereocenters. The van der Waals surface area contributed by atoms with Crippen molar-refractivity contribution in [3.05, 3.63) is 63.7 Å². The Balaban J connectivity index is 1.92. The molecule has 1 unspecified atom stereocenters. The van der Waals surface area contributed by atoms with E-state index in [1.807, 2.05) is 12.1 Å². The number of nitrogens with zero attached hydrogens (tertiary/aromatic N) is 3. The molecule has 1 aromatic heterocycles. The lowest BCUT2D eigenvalue weighted by atomic mass is 10.2. The minimum absolute atomic E-state index is 0.338. The van der Waals surface area contributed by atoms with Crippen molar-refractivity contribution in [2.75, 3.05) is 18.8 Å². The standard InChI is InChI=1S/C14H17ClN4O2S/c1-2-14(19(20)21)22-8-5-13-16-6-7-18(13)10-11-3-4-12(15)17-9-11/h2-5,9,14,16H,1,6-8,10H2. The van der Waals surface area contributed by atoms with Crippen molar-refractivity contribution in [1.82, 2.24) is 15.2 Å². The molecule has 6 nitrogen and oxygen atoms in total. The molecule has 0 bridgehead atoms. The number of hydrogen-bond donors (Lipinski definition) is 1. The van der Waals surface area contributed by atoms with Gasteiger partial charge in [0, 0.05) is 36.5 Å². The first-order valence-corrected chi connectivity index (χ1v) is 8.20. The summed E-state index contributed by atoms with van der Waals surface area (Å²) in [5.74, 6) is 1.55. The van der Waals surface area contributed by atoms with E-state index < -0.39 is 5.37 Å². The number of nitro groups is 1. The number of thioether (sulfide) groups is 1. The highest BCUT2D eigenvalue weighted by molar-refractivity contribution is 8.00. The lowest BCUT2D eigenvalue weighted by molar-refractivity contribution is -0.483. The molecule has 0 saturated carbocycles. The highest BCUT2D eigenvalue weighted by Gasteiger charge is 2.18. The maximum absolute atomic E-state index is 10.7. The van der Waals surface area contributed by atoms with Crippen molar-refractivity contribution in [1.29, 1.82) is 0 Å². The van der Waals surface area contributed by atoms with Crippen molar-refractivity contribution in [3.63, 3.8) is 0 Å². The quantitative estimate of drug-likeness (QED) is 0.270. The Morgan fingerprint density at radius 1 is 1.64 bits per heavy atom. The molecule has 0 spiro atoms. The van der Waals surface area contributed by atoms with Crippen molar-refractivity contribution in [2.24, 2.45) is 0 Å². The summed E-state index contributed by atoms with van der Waals surface area (Å²) in [5.41, 5.74) is 1.07. The lowest BCUT2D eigenvalue weighted by Gasteiger charge is -2.19. The Labute approximate surface area is 138 Å². The SMILES string of the molecule is C=CC(SCC=C1NCCN1Cc1ccc(Cl)nc1)[N+](=O)[O-]. The summed E-state index contributed by atoms with van der Waals surface area (Å²) in [4.78, 5) is 16.7. The molecule has 1 aromatic rings. The molecule has 0 aromatic carbocycles. The second kappa shape index (κ2) is 8.05. The average molecular weight is 341 g/mol. The van der Waals surface area contributed by atoms with Gasteiger partial charge in [-0.15, -0.1) is 0 Å². The Morgan fingerprint density at radius 2 is 2.45 bits per heavy atom. The van der Waals surface area contributed by atoms with Crippen LogP contribution in [0.5, 0.6) is 0 Å². The van der Waals surface area contributed by atoms with Crippen molar-refractivity contribution in [3.8, 4) is 0 Å². The second-order valence-corrected chi connectivity index (χ2v) is 6.21. The van der Waals surface area contributed by atoms with Crippen LogP contribution in [0, 0.1) is 10.1 Å². The minimum Gasteiger partial charge on any atom is -0.370 e. The Bertz CT molecular complexity index is 564. The molecule has 0 amide bonds. The van der Waals surface area contributed by atoms with Gasteiger partial charge in [0.05, 0.1) is 5.82 Å². The number of nitrogens with one attached hydrogen (secondary N) is 1. The first-order chi connectivity index (χ1) is 10.6. The van der Waals surface area contributed by atoms with E-state index in [2.05, 4.69) is 21.8 Å². The third-order valence-electron chi connectivity index (χ3n) is 3.14. The molecule has 1 fully saturated rings. The summed E-state index contributed by atoms with van der Waals surface area (Å²) < 4.78 is 0. The van der Waals surface area contributed by atoms with Crippen LogP contribution in [0.3, 0.4) is 0 Å². The fraction of sp³-hybridized carbons (Fsp3) is 0.357. The van der Waals surface area contributed by atoms with Gasteiger partial charge in [-0.25, -0.2) is 4.98 Å². The first-order valence-electron chi connectivity index (χ1n) is 6.77. The topological polar surface area (TPSA) is 71.3 Å². The highest BCUT2D eigenvalue weighted by Crippen LogP contribution is 2.17. The smallest absolute Gasteiger partial charge is 0.276 e. The van der Waals surface area contributed by atoms with Gasteiger partial charge < -0.3 is 10.2 Å². The summed E-state index contributed by atoms with van der Waals surface area (Å²) in [5, 5.41) is 13.7. The second-order valence-electron chi connectivity index (χ2n) is 4.67. The van der Waals surface area contributed by atoms with Crippen molar-refractivity contribution in [2.45, 2.75) is 11.9 Å². The third kappa shape index (κ3) is 4.64. The summed E-state index contributed by atoms with van der Waals surface area (Å²) in [6.45, 7) is 5.96. The molecular weight excluding hydrogens is 324 g/mol. The molecule has 0 radical (unpaired) electrons. The predicted molar refractivity (Wildman–Crippen MR) is 89.2 cm³/mol. The molecule has 2 heterocycles. The summed E-state index contributed by atoms with van der Waals surface area (Å²) >= 11 is 7.02. The molecule has 8 heteroatoms. The lowest BCUT2D eigenvalue weighted by Crippen LogP contribution is -2.20. The average Bonchev–Trinajstić information content (AvgIpc) is 2.93. The zero-order valence-corrected chi connectivity index (χ0v) is 13.5. The molecule has 2 rings (SSSR count). The maximum atomic E-state index is 10.7. The predicted octanol–water partition coefficient (Wildman–Crippen LogP) is 2.50. The van der Waals surface area contributed by atoms with E-state index in [0.29, 0.717) is 10.9 Å². The van der Waals surface area contributed by atoms with E-state index in [1.54, 1.807) is 12.3 Å². The van der Waals surface area contributed by atoms with Gasteiger partial charge in [-0.3, -0.25) is 10.1 Å². The van der Waals surface area contributed by atoms with E-state index in [0.717, 1.165) is 31.0 Å². The van der Waals surface area contributed by atoms with E-state index in [9.17, 15) is 10.1 Å². The summed E-state index contributed by atoms with van der Waals surface area (Å²) in [6, 6.07) is 3.71. The molecule has 22 heavy (non-hydrogen) atoms. The van der Waals surface area contributed by atoms with Gasteiger partial charge in [0.15, 0.2) is 0 Å². The number of hydrogen-bond acceptors (Lipinski definition) is 6. The van der Waals surface area contributed by atoms with Crippen LogP contribution in [0.1, 0.15) is 5.56 Å². The number of pyridine rings is 1. The Hall–Kier alpha value is -1.73. The maximum Gasteiger partial charge on any atom is 0.276 e. The molecule has 1 saturated heterocycles. The van der Waals surface area contributed by atoms with E-state index >= 15 is 0 Å². The monoisotopic (exact) mass is 340 g/mol. The van der Waals surface area contributed by atoms with Crippen LogP contribution in [0.4, 0.5) is 0 Å². The number of aromatic nitrogens is 1. The van der Waals surface area contributed by atoms with Gasteiger partial charge in [0.25, 0.3) is 5.37 Å². The van der Waals surface area contributed by atoms with Crippen LogP contribution < -0.4 is 5.32 Å². The van der Waals surface area contributed by atoms with Crippen molar-refractivity contribution >= 4 is 23.4 Å². The zero-order chi connectivity index (χ0) is 15.9. The zero-order valence-electron chi connectivity index (χ0n) is 11.9. The molecule has 1 aliphatic rings. The fourth-order valence-corrected chi connectivity index (χ4v) is 2.90. The normalized spacial score (nSPS) is 17.3. The van der Waals surface area contributed by atoms with Crippen LogP contribution >= 0.6 is 23.4 Å². The van der Waals surface area contributed by atoms with Crippen LogP contribution in [0.25, 0.3) is 0 Å². The van der Waals surface area contributed by atoms with E-state index in [1.165, 1.54) is 17.8 Å². The fourth-order valence-electron chi connectivity index (χ4n) is 2.08. The third-order valence-corrected chi connectivity index (χ3v) is 4.43. The van der Waals surface area contributed by atoms with Gasteiger partial charge >= 0.3 is 0 Å².